The molecule has 0 heterocycles. The number of ether oxygens (including phenoxy) is 1. The zero-order chi connectivity index (χ0) is 23.7. The summed E-state index contributed by atoms with van der Waals surface area (Å²) in [5.74, 6) is 0.0253. The van der Waals surface area contributed by atoms with E-state index in [1.165, 1.54) is 6.92 Å². The Balaban J connectivity index is 0.00000544. The summed E-state index contributed by atoms with van der Waals surface area (Å²) < 4.78 is 5.89. The Kier molecular flexibility index (Phi) is 16.8. The topological polar surface area (TPSA) is 104 Å². The van der Waals surface area contributed by atoms with E-state index in [1.807, 2.05) is 31.2 Å². The number of ketones is 1. The molecular weight excluding hydrogens is 474 g/mol. The van der Waals surface area contributed by atoms with Crippen LogP contribution in [-0.2, 0) is 11.2 Å². The molecule has 178 valence electrons. The second kappa shape index (κ2) is 17.0. The van der Waals surface area contributed by atoms with E-state index in [0.29, 0.717) is 35.5 Å². The number of aliphatic carboxylic acids is 1. The first-order valence-electron chi connectivity index (χ1n) is 10.9. The SMILES string of the molecule is CCCc1c(OCCCSc2ccc(C(O)C(C)CC(=O)O)cc2)ccc(C(C)=O)c1O.[NaH].[NaH]. The van der Waals surface area contributed by atoms with Crippen LogP contribution >= 0.6 is 11.8 Å². The fourth-order valence-electron chi connectivity index (χ4n) is 3.44. The van der Waals surface area contributed by atoms with Gasteiger partial charge in [-0.3, -0.25) is 9.59 Å². The van der Waals surface area contributed by atoms with Crippen molar-refractivity contribution in [1.82, 2.24) is 0 Å². The summed E-state index contributed by atoms with van der Waals surface area (Å²) in [6.07, 6.45) is 1.39. The van der Waals surface area contributed by atoms with Crippen molar-refractivity contribution in [2.45, 2.75) is 57.5 Å². The number of hydrogen-bond donors (Lipinski definition) is 3. The molecule has 2 rings (SSSR count). The number of aliphatic hydroxyl groups is 1. The van der Waals surface area contributed by atoms with E-state index >= 15 is 0 Å². The van der Waals surface area contributed by atoms with Crippen LogP contribution in [0.25, 0.3) is 0 Å². The number of carboxylic acid groups (broad SMARTS) is 1. The van der Waals surface area contributed by atoms with E-state index in [4.69, 9.17) is 9.84 Å². The number of rotatable bonds is 13. The molecule has 0 radical (unpaired) electrons. The molecule has 0 aliphatic carbocycles. The monoisotopic (exact) mass is 508 g/mol. The van der Waals surface area contributed by atoms with Crippen molar-refractivity contribution in [3.63, 3.8) is 0 Å². The number of phenolic OH excluding ortho intramolecular Hbond substituents is 1. The average molecular weight is 509 g/mol. The van der Waals surface area contributed by atoms with Crippen LogP contribution in [0.2, 0.25) is 0 Å². The number of phenols is 1. The molecular formula is C25H34Na2O6S. The number of thioether (sulfide) groups is 1. The Morgan fingerprint density at radius 2 is 1.74 bits per heavy atom. The molecule has 0 aliphatic heterocycles. The molecule has 34 heavy (non-hydrogen) atoms. The molecule has 0 saturated carbocycles. The van der Waals surface area contributed by atoms with Crippen LogP contribution in [-0.4, -0.2) is 98.5 Å². The first-order chi connectivity index (χ1) is 15.2. The van der Waals surface area contributed by atoms with E-state index in [1.54, 1.807) is 30.8 Å². The minimum atomic E-state index is -0.919. The van der Waals surface area contributed by atoms with Crippen LogP contribution in [0, 0.1) is 5.92 Å². The number of aliphatic hydroxyl groups excluding tert-OH is 1. The van der Waals surface area contributed by atoms with Gasteiger partial charge in [-0.2, -0.15) is 0 Å². The molecule has 0 amide bonds. The Bertz CT molecular complexity index is 920. The third kappa shape index (κ3) is 10.2. The first-order valence-corrected chi connectivity index (χ1v) is 11.8. The summed E-state index contributed by atoms with van der Waals surface area (Å²) in [4.78, 5) is 23.5. The van der Waals surface area contributed by atoms with Crippen molar-refractivity contribution >= 4 is 82.6 Å². The Morgan fingerprint density at radius 3 is 2.29 bits per heavy atom. The Hall–Kier alpha value is -0.510. The molecule has 9 heteroatoms. The van der Waals surface area contributed by atoms with Crippen molar-refractivity contribution < 1.29 is 29.6 Å². The molecule has 0 saturated heterocycles. The van der Waals surface area contributed by atoms with Gasteiger partial charge in [0.2, 0.25) is 0 Å². The second-order valence-electron chi connectivity index (χ2n) is 7.88. The summed E-state index contributed by atoms with van der Waals surface area (Å²) in [7, 11) is 0. The fraction of sp³-hybridized carbons (Fsp3) is 0.440. The summed E-state index contributed by atoms with van der Waals surface area (Å²) in [5.41, 5.74) is 1.71. The van der Waals surface area contributed by atoms with Gasteiger partial charge in [-0.1, -0.05) is 32.4 Å². The zero-order valence-corrected chi connectivity index (χ0v) is 19.7. The minimum absolute atomic E-state index is 0. The molecule has 0 fully saturated rings. The molecule has 0 aliphatic rings. The molecule has 2 aromatic rings. The van der Waals surface area contributed by atoms with E-state index in [0.717, 1.165) is 23.5 Å². The molecule has 2 atom stereocenters. The third-order valence-electron chi connectivity index (χ3n) is 5.19. The van der Waals surface area contributed by atoms with Crippen molar-refractivity contribution in [2.75, 3.05) is 12.4 Å². The second-order valence-corrected chi connectivity index (χ2v) is 9.05. The first kappa shape index (κ1) is 33.5. The van der Waals surface area contributed by atoms with Gasteiger partial charge in [-0.15, -0.1) is 11.8 Å². The Morgan fingerprint density at radius 1 is 1.09 bits per heavy atom. The average Bonchev–Trinajstić information content (AvgIpc) is 2.75. The van der Waals surface area contributed by atoms with Crippen LogP contribution in [0.5, 0.6) is 11.5 Å². The van der Waals surface area contributed by atoms with Gasteiger partial charge in [0.05, 0.1) is 24.7 Å². The summed E-state index contributed by atoms with van der Waals surface area (Å²) in [5, 5.41) is 29.6. The number of carbonyl (C=O) groups is 2. The molecule has 0 bridgehead atoms. The Labute approximate surface area is 250 Å². The standard InChI is InChI=1S/C25H32O6S.2Na.2H/c1-4-6-21-22(12-11-20(17(3)26)25(21)30)31-13-5-14-32-19-9-7-18(8-10-19)24(29)16(2)15-23(27)28;;;;/h7-12,16,24,29-30H,4-6,13-15H2,1-3H3,(H,27,28);;;;. The van der Waals surface area contributed by atoms with Gasteiger partial charge in [0.25, 0.3) is 0 Å². The van der Waals surface area contributed by atoms with Crippen LogP contribution < -0.4 is 4.74 Å². The number of hydrogen-bond acceptors (Lipinski definition) is 6. The summed E-state index contributed by atoms with van der Waals surface area (Å²) in [6.45, 7) is 5.66. The number of aromatic hydroxyl groups is 1. The van der Waals surface area contributed by atoms with Gasteiger partial charge >= 0.3 is 65.1 Å². The predicted molar refractivity (Wildman–Crippen MR) is 140 cm³/mol. The van der Waals surface area contributed by atoms with Gasteiger partial charge in [0.15, 0.2) is 5.78 Å². The van der Waals surface area contributed by atoms with Crippen LogP contribution in [0.15, 0.2) is 41.3 Å². The molecule has 2 aromatic carbocycles. The van der Waals surface area contributed by atoms with Gasteiger partial charge < -0.3 is 20.1 Å². The molecule has 2 unspecified atom stereocenters. The van der Waals surface area contributed by atoms with Crippen molar-refractivity contribution in [1.29, 1.82) is 0 Å². The maximum absolute atomic E-state index is 11.7. The maximum atomic E-state index is 11.7. The van der Waals surface area contributed by atoms with Crippen molar-refractivity contribution in [2.24, 2.45) is 5.92 Å². The number of carboxylic acids is 1. The van der Waals surface area contributed by atoms with E-state index < -0.39 is 12.1 Å². The van der Waals surface area contributed by atoms with Gasteiger partial charge in [-0.05, 0) is 55.5 Å². The van der Waals surface area contributed by atoms with Gasteiger partial charge in [0.1, 0.15) is 11.5 Å². The summed E-state index contributed by atoms with van der Waals surface area (Å²) >= 11 is 1.67. The number of Topliss-reactive ketones (excluding diaryl/α,β-unsaturated/α-hetero) is 1. The molecule has 3 N–H and O–H groups in total. The van der Waals surface area contributed by atoms with E-state index in [9.17, 15) is 19.8 Å². The fourth-order valence-corrected chi connectivity index (χ4v) is 4.26. The number of benzene rings is 2. The van der Waals surface area contributed by atoms with Crippen LogP contribution in [0.3, 0.4) is 0 Å². The number of carbonyl (C=O) groups excluding carboxylic acids is 1. The van der Waals surface area contributed by atoms with Crippen LogP contribution in [0.1, 0.15) is 67.6 Å². The third-order valence-corrected chi connectivity index (χ3v) is 6.29. The molecule has 6 nitrogen and oxygen atoms in total. The van der Waals surface area contributed by atoms with Crippen molar-refractivity contribution in [3.8, 4) is 11.5 Å². The van der Waals surface area contributed by atoms with E-state index in [2.05, 4.69) is 0 Å². The molecule has 0 aromatic heterocycles. The van der Waals surface area contributed by atoms with E-state index in [-0.39, 0.29) is 83.0 Å². The van der Waals surface area contributed by atoms with Crippen LogP contribution in [0.4, 0.5) is 0 Å². The summed E-state index contributed by atoms with van der Waals surface area (Å²) in [6, 6.07) is 10.9. The zero-order valence-electron chi connectivity index (χ0n) is 18.8. The quantitative estimate of drug-likeness (QED) is 0.163. The predicted octanol–water partition coefficient (Wildman–Crippen LogP) is 3.96. The molecule has 0 spiro atoms. The normalized spacial score (nSPS) is 12.1. The van der Waals surface area contributed by atoms with Crippen molar-refractivity contribution in [3.05, 3.63) is 53.1 Å². The van der Waals surface area contributed by atoms with Gasteiger partial charge in [0, 0.05) is 16.2 Å². The van der Waals surface area contributed by atoms with Gasteiger partial charge in [-0.25, -0.2) is 0 Å².